The van der Waals surface area contributed by atoms with E-state index in [1.54, 1.807) is 6.20 Å². The van der Waals surface area contributed by atoms with E-state index in [0.29, 0.717) is 0 Å². The van der Waals surface area contributed by atoms with Gasteiger partial charge >= 0.3 is 0 Å². The largest absolute Gasteiger partial charge is 0.255 e. The first-order chi connectivity index (χ1) is 6.37. The Morgan fingerprint density at radius 3 is 2.77 bits per heavy atom. The fourth-order valence-corrected chi connectivity index (χ4v) is 2.84. The van der Waals surface area contributed by atoms with Crippen molar-refractivity contribution >= 4 is 11.8 Å². The molecule has 1 aliphatic rings. The number of hydrogen-bond donors (Lipinski definition) is 0. The summed E-state index contributed by atoms with van der Waals surface area (Å²) in [6.45, 7) is 0. The summed E-state index contributed by atoms with van der Waals surface area (Å²) in [4.78, 5) is 0. The molecule has 1 aromatic heterocycles. The molecule has 0 saturated carbocycles. The third-order valence-electron chi connectivity index (χ3n) is 2.53. The van der Waals surface area contributed by atoms with Crippen molar-refractivity contribution in [1.82, 2.24) is 9.78 Å². The van der Waals surface area contributed by atoms with Gasteiger partial charge in [0.1, 0.15) is 5.54 Å². The molecule has 0 spiro atoms. The summed E-state index contributed by atoms with van der Waals surface area (Å²) < 4.78 is 1.94. The minimum atomic E-state index is -0.144. The maximum atomic E-state index is 5.61. The van der Waals surface area contributed by atoms with Crippen LogP contribution in [-0.4, -0.2) is 21.3 Å². The van der Waals surface area contributed by atoms with E-state index in [-0.39, 0.29) is 5.54 Å². The van der Waals surface area contributed by atoms with E-state index in [0.717, 1.165) is 24.3 Å². The second-order valence-electron chi connectivity index (χ2n) is 3.24. The standard InChI is InChI=1S/C10H12N2S/c1-2-10(4-8-13-9-5-10)12-7-3-6-11-12/h1,3,6-7H,4-5,8-9H2. The van der Waals surface area contributed by atoms with Gasteiger partial charge < -0.3 is 0 Å². The Balaban J connectivity index is 2.30. The smallest absolute Gasteiger partial charge is 0.124 e. The molecule has 2 heterocycles. The van der Waals surface area contributed by atoms with Crippen LogP contribution in [0.2, 0.25) is 0 Å². The molecule has 1 fully saturated rings. The minimum absolute atomic E-state index is 0.144. The summed E-state index contributed by atoms with van der Waals surface area (Å²) in [5, 5.41) is 4.25. The lowest BCUT2D eigenvalue weighted by Gasteiger charge is -2.32. The highest BCUT2D eigenvalue weighted by molar-refractivity contribution is 7.99. The molecular formula is C10H12N2S. The lowest BCUT2D eigenvalue weighted by molar-refractivity contribution is 0.325. The second-order valence-corrected chi connectivity index (χ2v) is 4.46. The van der Waals surface area contributed by atoms with Crippen molar-refractivity contribution < 1.29 is 0 Å². The molecule has 1 aromatic rings. The third kappa shape index (κ3) is 1.47. The summed E-state index contributed by atoms with van der Waals surface area (Å²) in [6.07, 6.45) is 11.4. The summed E-state index contributed by atoms with van der Waals surface area (Å²) >= 11 is 1.97. The molecule has 68 valence electrons. The Kier molecular flexibility index (Phi) is 2.32. The van der Waals surface area contributed by atoms with Crippen molar-refractivity contribution in [3.8, 4) is 12.3 Å². The van der Waals surface area contributed by atoms with Crippen LogP contribution in [0.3, 0.4) is 0 Å². The van der Waals surface area contributed by atoms with E-state index in [2.05, 4.69) is 11.0 Å². The van der Waals surface area contributed by atoms with Crippen molar-refractivity contribution in [2.45, 2.75) is 18.4 Å². The van der Waals surface area contributed by atoms with Gasteiger partial charge in [-0.1, -0.05) is 5.92 Å². The van der Waals surface area contributed by atoms with Crippen molar-refractivity contribution in [1.29, 1.82) is 0 Å². The number of hydrogen-bond acceptors (Lipinski definition) is 2. The third-order valence-corrected chi connectivity index (χ3v) is 3.52. The van der Waals surface area contributed by atoms with Gasteiger partial charge in [-0.15, -0.1) is 6.42 Å². The summed E-state index contributed by atoms with van der Waals surface area (Å²) in [5.74, 6) is 5.19. The minimum Gasteiger partial charge on any atom is -0.255 e. The zero-order chi connectivity index (χ0) is 9.15. The molecule has 0 unspecified atom stereocenters. The first kappa shape index (κ1) is 8.71. The molecule has 1 saturated heterocycles. The van der Waals surface area contributed by atoms with Gasteiger partial charge in [0.15, 0.2) is 0 Å². The van der Waals surface area contributed by atoms with Gasteiger partial charge in [-0.25, -0.2) is 0 Å². The van der Waals surface area contributed by atoms with Crippen molar-refractivity contribution in [3.05, 3.63) is 18.5 Å². The summed E-state index contributed by atoms with van der Waals surface area (Å²) in [6, 6.07) is 1.93. The fraction of sp³-hybridized carbons (Fsp3) is 0.500. The van der Waals surface area contributed by atoms with Crippen LogP contribution in [0.4, 0.5) is 0 Å². The highest BCUT2D eigenvalue weighted by atomic mass is 32.2. The van der Waals surface area contributed by atoms with Crippen molar-refractivity contribution in [3.63, 3.8) is 0 Å². The molecular weight excluding hydrogens is 180 g/mol. The number of rotatable bonds is 1. The molecule has 2 rings (SSSR count). The van der Waals surface area contributed by atoms with Gasteiger partial charge in [0.25, 0.3) is 0 Å². The SMILES string of the molecule is C#CC1(n2cccn2)CCSCC1. The Morgan fingerprint density at radius 1 is 1.46 bits per heavy atom. The molecule has 0 aromatic carbocycles. The quantitative estimate of drug-likeness (QED) is 0.631. The Hall–Kier alpha value is -0.880. The van der Waals surface area contributed by atoms with E-state index >= 15 is 0 Å². The predicted molar refractivity (Wildman–Crippen MR) is 55.6 cm³/mol. The molecule has 13 heavy (non-hydrogen) atoms. The maximum absolute atomic E-state index is 5.61. The van der Waals surface area contributed by atoms with Crippen LogP contribution in [0.15, 0.2) is 18.5 Å². The number of nitrogens with zero attached hydrogens (tertiary/aromatic N) is 2. The van der Waals surface area contributed by atoms with Crippen LogP contribution in [0.1, 0.15) is 12.8 Å². The predicted octanol–water partition coefficient (Wildman–Crippen LogP) is 1.74. The number of thioether (sulfide) groups is 1. The maximum Gasteiger partial charge on any atom is 0.124 e. The van der Waals surface area contributed by atoms with Crippen LogP contribution >= 0.6 is 11.8 Å². The molecule has 0 bridgehead atoms. The van der Waals surface area contributed by atoms with Gasteiger partial charge in [0, 0.05) is 12.4 Å². The lowest BCUT2D eigenvalue weighted by Crippen LogP contribution is -2.36. The highest BCUT2D eigenvalue weighted by Gasteiger charge is 2.32. The molecule has 0 amide bonds. The van der Waals surface area contributed by atoms with Crippen LogP contribution in [0, 0.1) is 12.3 Å². The molecule has 3 heteroatoms. The van der Waals surface area contributed by atoms with Crippen molar-refractivity contribution in [2.75, 3.05) is 11.5 Å². The van der Waals surface area contributed by atoms with Crippen LogP contribution in [0.25, 0.3) is 0 Å². The van der Waals surface area contributed by atoms with Gasteiger partial charge in [-0.05, 0) is 30.4 Å². The molecule has 0 N–H and O–H groups in total. The molecule has 0 atom stereocenters. The Bertz CT molecular complexity index is 304. The van der Waals surface area contributed by atoms with Crippen molar-refractivity contribution in [2.24, 2.45) is 0 Å². The average Bonchev–Trinajstić information content (AvgIpc) is 2.72. The monoisotopic (exact) mass is 192 g/mol. The normalized spacial score (nSPS) is 20.8. The van der Waals surface area contributed by atoms with Gasteiger partial charge in [0.05, 0.1) is 0 Å². The zero-order valence-electron chi connectivity index (χ0n) is 7.44. The molecule has 2 nitrogen and oxygen atoms in total. The first-order valence-corrected chi connectivity index (χ1v) is 5.58. The summed E-state index contributed by atoms with van der Waals surface area (Å²) in [5.41, 5.74) is -0.144. The van der Waals surface area contributed by atoms with Crippen LogP contribution in [0.5, 0.6) is 0 Å². The lowest BCUT2D eigenvalue weighted by atomic mass is 9.94. The molecule has 0 radical (unpaired) electrons. The molecule has 0 aliphatic carbocycles. The average molecular weight is 192 g/mol. The van der Waals surface area contributed by atoms with Gasteiger partial charge in [-0.2, -0.15) is 16.9 Å². The highest BCUT2D eigenvalue weighted by Crippen LogP contribution is 2.32. The van der Waals surface area contributed by atoms with Gasteiger partial charge in [0.2, 0.25) is 0 Å². The van der Waals surface area contributed by atoms with Gasteiger partial charge in [-0.3, -0.25) is 4.68 Å². The van der Waals surface area contributed by atoms with Crippen LogP contribution in [-0.2, 0) is 5.54 Å². The first-order valence-electron chi connectivity index (χ1n) is 4.43. The van der Waals surface area contributed by atoms with E-state index < -0.39 is 0 Å². The fourth-order valence-electron chi connectivity index (χ4n) is 1.67. The Labute approximate surface area is 82.7 Å². The van der Waals surface area contributed by atoms with Crippen LogP contribution < -0.4 is 0 Å². The zero-order valence-corrected chi connectivity index (χ0v) is 8.26. The van der Waals surface area contributed by atoms with E-state index in [9.17, 15) is 0 Å². The second kappa shape index (κ2) is 3.47. The number of aromatic nitrogens is 2. The number of terminal acetylenes is 1. The van der Waals surface area contributed by atoms with E-state index in [4.69, 9.17) is 6.42 Å². The molecule has 1 aliphatic heterocycles. The Morgan fingerprint density at radius 2 is 2.23 bits per heavy atom. The van der Waals surface area contributed by atoms with E-state index in [1.165, 1.54) is 0 Å². The van der Waals surface area contributed by atoms with E-state index in [1.807, 2.05) is 28.7 Å². The topological polar surface area (TPSA) is 17.8 Å². The summed E-state index contributed by atoms with van der Waals surface area (Å²) in [7, 11) is 0.